The summed E-state index contributed by atoms with van der Waals surface area (Å²) < 4.78 is 31.6. The zero-order chi connectivity index (χ0) is 21.8. The molecule has 7 heteroatoms. The molecule has 0 aliphatic carbocycles. The van der Waals surface area contributed by atoms with Gasteiger partial charge < -0.3 is 10.1 Å². The molecule has 0 heterocycles. The molecule has 0 aliphatic heterocycles. The maximum Gasteiger partial charge on any atom is 0.244 e. The topological polar surface area (TPSA) is 75.7 Å². The second-order valence-corrected chi connectivity index (χ2v) is 9.17. The number of nitrogens with one attached hydrogen (secondary N) is 1. The molecule has 2 atom stereocenters. The van der Waals surface area contributed by atoms with Gasteiger partial charge in [-0.2, -0.15) is 0 Å². The van der Waals surface area contributed by atoms with Crippen LogP contribution in [0.25, 0.3) is 0 Å². The number of rotatable bonds is 8. The summed E-state index contributed by atoms with van der Waals surface area (Å²) in [6.45, 7) is 9.76. The fourth-order valence-corrected chi connectivity index (χ4v) is 4.48. The van der Waals surface area contributed by atoms with Crippen LogP contribution in [0.2, 0.25) is 0 Å². The van der Waals surface area contributed by atoms with Crippen LogP contribution in [0.3, 0.4) is 0 Å². The monoisotopic (exact) mass is 418 g/mol. The number of anilines is 1. The highest BCUT2D eigenvalue weighted by Crippen LogP contribution is 2.24. The molecular formula is C22H30N2O4S. The SMILES string of the molecule is CCOc1ccc([C@H](C)NC(=O)[C@@H](C)N(c2cc(C)cc(C)c2)S(C)(=O)=O)cc1. The lowest BCUT2D eigenvalue weighted by atomic mass is 10.1. The number of sulfonamides is 1. The summed E-state index contributed by atoms with van der Waals surface area (Å²) in [6.07, 6.45) is 1.12. The molecule has 0 aromatic heterocycles. The maximum atomic E-state index is 12.9. The van der Waals surface area contributed by atoms with E-state index < -0.39 is 16.1 Å². The van der Waals surface area contributed by atoms with E-state index >= 15 is 0 Å². The third-order valence-corrected chi connectivity index (χ3v) is 5.84. The zero-order valence-corrected chi connectivity index (χ0v) is 18.7. The van der Waals surface area contributed by atoms with Gasteiger partial charge in [0.15, 0.2) is 0 Å². The van der Waals surface area contributed by atoms with Crippen LogP contribution in [0.1, 0.15) is 43.5 Å². The molecule has 158 valence electrons. The molecule has 0 saturated heterocycles. The smallest absolute Gasteiger partial charge is 0.244 e. The number of nitrogens with zero attached hydrogens (tertiary/aromatic N) is 1. The van der Waals surface area contributed by atoms with E-state index in [1.54, 1.807) is 19.1 Å². The van der Waals surface area contributed by atoms with Crippen molar-refractivity contribution in [3.8, 4) is 5.75 Å². The number of aryl methyl sites for hydroxylation is 2. The van der Waals surface area contributed by atoms with Gasteiger partial charge in [-0.1, -0.05) is 18.2 Å². The van der Waals surface area contributed by atoms with E-state index in [0.29, 0.717) is 12.3 Å². The Hall–Kier alpha value is -2.54. The van der Waals surface area contributed by atoms with Crippen molar-refractivity contribution in [2.45, 2.75) is 46.7 Å². The summed E-state index contributed by atoms with van der Waals surface area (Å²) in [5.41, 5.74) is 3.26. The van der Waals surface area contributed by atoms with Gasteiger partial charge in [0, 0.05) is 0 Å². The predicted octanol–water partition coefficient (Wildman–Crippen LogP) is 3.73. The molecule has 0 fully saturated rings. The van der Waals surface area contributed by atoms with Crippen molar-refractivity contribution >= 4 is 21.6 Å². The number of amides is 1. The van der Waals surface area contributed by atoms with Crippen molar-refractivity contribution < 1.29 is 17.9 Å². The van der Waals surface area contributed by atoms with Crippen LogP contribution in [0.15, 0.2) is 42.5 Å². The molecule has 6 nitrogen and oxygen atoms in total. The number of carbonyl (C=O) groups is 1. The van der Waals surface area contributed by atoms with Gasteiger partial charge in [0.05, 0.1) is 24.6 Å². The highest BCUT2D eigenvalue weighted by Gasteiger charge is 2.30. The van der Waals surface area contributed by atoms with Gasteiger partial charge in [0.1, 0.15) is 11.8 Å². The van der Waals surface area contributed by atoms with E-state index in [0.717, 1.165) is 28.7 Å². The van der Waals surface area contributed by atoms with E-state index in [4.69, 9.17) is 4.74 Å². The van der Waals surface area contributed by atoms with Gasteiger partial charge in [-0.25, -0.2) is 8.42 Å². The lowest BCUT2D eigenvalue weighted by Gasteiger charge is -2.30. The van der Waals surface area contributed by atoms with Gasteiger partial charge in [0.2, 0.25) is 15.9 Å². The van der Waals surface area contributed by atoms with Crippen LogP contribution in [-0.2, 0) is 14.8 Å². The van der Waals surface area contributed by atoms with Crippen LogP contribution in [0, 0.1) is 13.8 Å². The Labute approximate surface area is 173 Å². The third-order valence-electron chi connectivity index (χ3n) is 4.60. The molecule has 0 unspecified atom stereocenters. The summed E-state index contributed by atoms with van der Waals surface area (Å²) in [6, 6.07) is 11.8. The average Bonchev–Trinajstić information content (AvgIpc) is 2.60. The fraction of sp³-hybridized carbons (Fsp3) is 0.409. The van der Waals surface area contributed by atoms with E-state index in [9.17, 15) is 13.2 Å². The summed E-state index contributed by atoms with van der Waals surface area (Å²) in [7, 11) is -3.65. The normalized spacial score (nSPS) is 13.4. The largest absolute Gasteiger partial charge is 0.494 e. The first-order chi connectivity index (χ1) is 13.5. The molecule has 1 amide bonds. The molecular weight excluding hydrogens is 388 g/mol. The number of hydrogen-bond acceptors (Lipinski definition) is 4. The van der Waals surface area contributed by atoms with Crippen molar-refractivity contribution in [1.82, 2.24) is 5.32 Å². The van der Waals surface area contributed by atoms with Gasteiger partial charge in [0.25, 0.3) is 0 Å². The Morgan fingerprint density at radius 1 is 1.07 bits per heavy atom. The number of ether oxygens (including phenoxy) is 1. The zero-order valence-electron chi connectivity index (χ0n) is 17.9. The highest BCUT2D eigenvalue weighted by molar-refractivity contribution is 7.92. The van der Waals surface area contributed by atoms with Crippen molar-refractivity contribution in [2.24, 2.45) is 0 Å². The number of carbonyl (C=O) groups excluding carboxylic acids is 1. The molecule has 29 heavy (non-hydrogen) atoms. The van der Waals surface area contributed by atoms with Gasteiger partial charge >= 0.3 is 0 Å². The lowest BCUT2D eigenvalue weighted by molar-refractivity contribution is -0.122. The molecule has 0 radical (unpaired) electrons. The van der Waals surface area contributed by atoms with Gasteiger partial charge in [-0.05, 0) is 75.6 Å². The molecule has 2 aromatic carbocycles. The molecule has 2 aromatic rings. The van der Waals surface area contributed by atoms with Crippen molar-refractivity contribution in [3.63, 3.8) is 0 Å². The predicted molar refractivity (Wildman–Crippen MR) is 117 cm³/mol. The van der Waals surface area contributed by atoms with Crippen LogP contribution >= 0.6 is 0 Å². The van der Waals surface area contributed by atoms with Gasteiger partial charge in [-0.15, -0.1) is 0 Å². The van der Waals surface area contributed by atoms with Gasteiger partial charge in [-0.3, -0.25) is 9.10 Å². The first-order valence-corrected chi connectivity index (χ1v) is 11.5. The minimum Gasteiger partial charge on any atom is -0.494 e. The maximum absolute atomic E-state index is 12.9. The molecule has 1 N–H and O–H groups in total. The quantitative estimate of drug-likeness (QED) is 0.709. The third kappa shape index (κ3) is 5.97. The summed E-state index contributed by atoms with van der Waals surface area (Å²) in [5.74, 6) is 0.400. The second kappa shape index (κ2) is 9.31. The minimum absolute atomic E-state index is 0.277. The summed E-state index contributed by atoms with van der Waals surface area (Å²) >= 11 is 0. The van der Waals surface area contributed by atoms with E-state index in [2.05, 4.69) is 5.32 Å². The summed E-state index contributed by atoms with van der Waals surface area (Å²) in [4.78, 5) is 12.9. The van der Waals surface area contributed by atoms with Crippen LogP contribution in [-0.4, -0.2) is 33.2 Å². The van der Waals surface area contributed by atoms with E-state index in [-0.39, 0.29) is 11.9 Å². The van der Waals surface area contributed by atoms with E-state index in [1.165, 1.54) is 4.31 Å². The number of benzene rings is 2. The number of hydrogen-bond donors (Lipinski definition) is 1. The van der Waals surface area contributed by atoms with Crippen molar-refractivity contribution in [2.75, 3.05) is 17.2 Å². The fourth-order valence-electron chi connectivity index (χ4n) is 3.32. The summed E-state index contributed by atoms with van der Waals surface area (Å²) in [5, 5.41) is 2.91. The molecule has 0 aliphatic rings. The Kier molecular flexibility index (Phi) is 7.30. The second-order valence-electron chi connectivity index (χ2n) is 7.31. The van der Waals surface area contributed by atoms with Crippen LogP contribution in [0.4, 0.5) is 5.69 Å². The van der Waals surface area contributed by atoms with E-state index in [1.807, 2.05) is 58.0 Å². The standard InChI is InChI=1S/C22H30N2O4S/c1-7-28-21-10-8-19(9-11-21)17(4)23-22(25)18(5)24(29(6,26)27)20-13-15(2)12-16(3)14-20/h8-14,17-18H,7H2,1-6H3,(H,23,25)/t17-,18+/m0/s1. The van der Waals surface area contributed by atoms with Crippen LogP contribution in [0.5, 0.6) is 5.75 Å². The molecule has 0 bridgehead atoms. The first kappa shape index (κ1) is 22.7. The first-order valence-electron chi connectivity index (χ1n) is 9.63. The minimum atomic E-state index is -3.65. The lowest BCUT2D eigenvalue weighted by Crippen LogP contribution is -2.48. The Balaban J connectivity index is 2.22. The Morgan fingerprint density at radius 3 is 2.10 bits per heavy atom. The average molecular weight is 419 g/mol. The Bertz CT molecular complexity index is 935. The van der Waals surface area contributed by atoms with Crippen molar-refractivity contribution in [1.29, 1.82) is 0 Å². The Morgan fingerprint density at radius 2 is 1.62 bits per heavy atom. The highest BCUT2D eigenvalue weighted by atomic mass is 32.2. The molecule has 2 rings (SSSR count). The van der Waals surface area contributed by atoms with Crippen LogP contribution < -0.4 is 14.4 Å². The molecule has 0 spiro atoms. The molecule has 0 saturated carbocycles. The van der Waals surface area contributed by atoms with Crippen molar-refractivity contribution in [3.05, 3.63) is 59.2 Å².